The Morgan fingerprint density at radius 2 is 0.509 bits per heavy atom. The van der Waals surface area contributed by atoms with Crippen LogP contribution in [0.5, 0.6) is 0 Å². The summed E-state index contributed by atoms with van der Waals surface area (Å²) in [4.78, 5) is 37.6. The predicted molar refractivity (Wildman–Crippen MR) is 224 cm³/mol. The van der Waals surface area contributed by atoms with Crippen molar-refractivity contribution < 1.29 is 28.6 Å². The second-order valence-corrected chi connectivity index (χ2v) is 16.0. The van der Waals surface area contributed by atoms with Crippen LogP contribution in [0.25, 0.3) is 0 Å². The Labute approximate surface area is 329 Å². The van der Waals surface area contributed by atoms with E-state index in [9.17, 15) is 14.4 Å². The van der Waals surface area contributed by atoms with Gasteiger partial charge in [0.1, 0.15) is 13.2 Å². The van der Waals surface area contributed by atoms with Crippen molar-refractivity contribution >= 4 is 17.9 Å². The van der Waals surface area contributed by atoms with E-state index in [1.807, 2.05) is 0 Å². The molecule has 0 bridgehead atoms. The van der Waals surface area contributed by atoms with Gasteiger partial charge in [-0.2, -0.15) is 0 Å². The number of hydrogen-bond acceptors (Lipinski definition) is 6. The van der Waals surface area contributed by atoms with Crippen LogP contribution in [0.4, 0.5) is 0 Å². The summed E-state index contributed by atoms with van der Waals surface area (Å²) in [6, 6.07) is 0. The van der Waals surface area contributed by atoms with Crippen molar-refractivity contribution in [2.24, 2.45) is 0 Å². The molecule has 0 aromatic rings. The van der Waals surface area contributed by atoms with Crippen molar-refractivity contribution in [2.45, 2.75) is 271 Å². The summed E-state index contributed by atoms with van der Waals surface area (Å²) >= 11 is 0. The van der Waals surface area contributed by atoms with E-state index in [1.165, 1.54) is 167 Å². The van der Waals surface area contributed by atoms with Crippen molar-refractivity contribution in [1.29, 1.82) is 0 Å². The van der Waals surface area contributed by atoms with Gasteiger partial charge in [-0.05, 0) is 19.3 Å². The molecule has 0 aliphatic carbocycles. The van der Waals surface area contributed by atoms with Crippen LogP contribution in [0.2, 0.25) is 0 Å². The molecule has 6 nitrogen and oxygen atoms in total. The Hall–Kier alpha value is -1.59. The van der Waals surface area contributed by atoms with E-state index in [2.05, 4.69) is 20.8 Å². The average Bonchev–Trinajstić information content (AvgIpc) is 3.15. The zero-order valence-electron chi connectivity index (χ0n) is 35.8. The van der Waals surface area contributed by atoms with Gasteiger partial charge in [0.05, 0.1) is 0 Å². The molecule has 1 atom stereocenters. The van der Waals surface area contributed by atoms with Gasteiger partial charge in [0.15, 0.2) is 6.10 Å². The molecule has 53 heavy (non-hydrogen) atoms. The molecule has 0 heterocycles. The highest BCUT2D eigenvalue weighted by Crippen LogP contribution is 2.16. The molecule has 314 valence electrons. The highest BCUT2D eigenvalue weighted by atomic mass is 16.6. The van der Waals surface area contributed by atoms with Crippen molar-refractivity contribution in [1.82, 2.24) is 0 Å². The van der Waals surface area contributed by atoms with Crippen LogP contribution < -0.4 is 0 Å². The molecule has 0 aliphatic heterocycles. The number of esters is 3. The van der Waals surface area contributed by atoms with Crippen molar-refractivity contribution in [3.05, 3.63) is 0 Å². The SMILES string of the molecule is CCCCCCCCCCCCCCCCCCC(=O)OC[C@H](COC(=O)CCCCCCCCCCC)OC(=O)CCCCCCCCCCCC. The standard InChI is InChI=1S/C47H90O6/c1-4-7-10-13-16-19-21-22-23-24-25-26-29-31-34-37-40-46(49)52-43-44(42-51-45(48)39-36-33-30-27-18-15-12-9-6-3)53-47(50)41-38-35-32-28-20-17-14-11-8-5-2/h44H,4-43H2,1-3H3/t44-/m0/s1. The molecule has 0 spiro atoms. The van der Waals surface area contributed by atoms with Gasteiger partial charge in [0.25, 0.3) is 0 Å². The molecule has 0 radical (unpaired) electrons. The van der Waals surface area contributed by atoms with Crippen LogP contribution in [0.3, 0.4) is 0 Å². The lowest BCUT2D eigenvalue weighted by molar-refractivity contribution is -0.167. The lowest BCUT2D eigenvalue weighted by Gasteiger charge is -2.18. The fourth-order valence-corrected chi connectivity index (χ4v) is 7.03. The molecule has 0 aromatic carbocycles. The molecule has 0 aromatic heterocycles. The first-order valence-electron chi connectivity index (χ1n) is 23.5. The van der Waals surface area contributed by atoms with Gasteiger partial charge in [0, 0.05) is 19.3 Å². The normalized spacial score (nSPS) is 11.8. The second kappa shape index (κ2) is 43.1. The zero-order valence-corrected chi connectivity index (χ0v) is 35.8. The fraction of sp³-hybridized carbons (Fsp3) is 0.936. The van der Waals surface area contributed by atoms with Gasteiger partial charge in [-0.15, -0.1) is 0 Å². The molecule has 0 rings (SSSR count). The lowest BCUT2D eigenvalue weighted by atomic mass is 10.0. The molecule has 0 saturated heterocycles. The van der Waals surface area contributed by atoms with E-state index >= 15 is 0 Å². The van der Waals surface area contributed by atoms with Gasteiger partial charge in [0.2, 0.25) is 0 Å². The number of unbranched alkanes of at least 4 members (excludes halogenated alkanes) is 32. The van der Waals surface area contributed by atoms with E-state index in [1.54, 1.807) is 0 Å². The summed E-state index contributed by atoms with van der Waals surface area (Å²) in [5, 5.41) is 0. The van der Waals surface area contributed by atoms with E-state index in [4.69, 9.17) is 14.2 Å². The van der Waals surface area contributed by atoms with Crippen molar-refractivity contribution in [2.75, 3.05) is 13.2 Å². The van der Waals surface area contributed by atoms with Gasteiger partial charge < -0.3 is 14.2 Å². The third-order valence-electron chi connectivity index (χ3n) is 10.6. The minimum Gasteiger partial charge on any atom is -0.462 e. The first kappa shape index (κ1) is 51.4. The highest BCUT2D eigenvalue weighted by Gasteiger charge is 2.19. The number of ether oxygens (including phenoxy) is 3. The maximum atomic E-state index is 12.7. The molecule has 0 aliphatic rings. The number of hydrogen-bond donors (Lipinski definition) is 0. The highest BCUT2D eigenvalue weighted by molar-refractivity contribution is 5.71. The van der Waals surface area contributed by atoms with Crippen molar-refractivity contribution in [3.8, 4) is 0 Å². The monoisotopic (exact) mass is 751 g/mol. The van der Waals surface area contributed by atoms with Crippen LogP contribution in [0, 0.1) is 0 Å². The molecule has 0 fully saturated rings. The Morgan fingerprint density at radius 3 is 0.755 bits per heavy atom. The third kappa shape index (κ3) is 41.4. The zero-order chi connectivity index (χ0) is 38.7. The minimum atomic E-state index is -0.757. The van der Waals surface area contributed by atoms with Crippen molar-refractivity contribution in [3.63, 3.8) is 0 Å². The maximum Gasteiger partial charge on any atom is 0.306 e. The summed E-state index contributed by atoms with van der Waals surface area (Å²) in [6.45, 7) is 6.63. The summed E-state index contributed by atoms with van der Waals surface area (Å²) in [6.07, 6.45) is 43.7. The molecule has 0 saturated carbocycles. The van der Waals surface area contributed by atoms with E-state index in [-0.39, 0.29) is 31.1 Å². The molecule has 6 heteroatoms. The van der Waals surface area contributed by atoms with Crippen LogP contribution >= 0.6 is 0 Å². The van der Waals surface area contributed by atoms with Crippen LogP contribution in [-0.4, -0.2) is 37.2 Å². The molecular formula is C47H90O6. The first-order chi connectivity index (χ1) is 26.0. The summed E-state index contributed by atoms with van der Waals surface area (Å²) in [5.74, 6) is -0.853. The predicted octanol–water partition coefficient (Wildman–Crippen LogP) is 14.9. The fourth-order valence-electron chi connectivity index (χ4n) is 7.03. The number of rotatable bonds is 43. The molecular weight excluding hydrogens is 661 g/mol. The van der Waals surface area contributed by atoms with E-state index < -0.39 is 6.10 Å². The number of carbonyl (C=O) groups excluding carboxylic acids is 3. The maximum absolute atomic E-state index is 12.7. The molecule has 0 N–H and O–H groups in total. The molecule has 0 unspecified atom stereocenters. The largest absolute Gasteiger partial charge is 0.462 e. The topological polar surface area (TPSA) is 78.9 Å². The molecule has 0 amide bonds. The third-order valence-corrected chi connectivity index (χ3v) is 10.6. The Kier molecular flexibility index (Phi) is 41.8. The van der Waals surface area contributed by atoms with Gasteiger partial charge >= 0.3 is 17.9 Å². The van der Waals surface area contributed by atoms with Gasteiger partial charge in [-0.1, -0.05) is 226 Å². The van der Waals surface area contributed by atoms with E-state index in [0.717, 1.165) is 57.8 Å². The Balaban J connectivity index is 4.24. The summed E-state index contributed by atoms with van der Waals surface area (Å²) < 4.78 is 16.7. The first-order valence-corrected chi connectivity index (χ1v) is 23.5. The van der Waals surface area contributed by atoms with Crippen LogP contribution in [-0.2, 0) is 28.6 Å². The van der Waals surface area contributed by atoms with Crippen LogP contribution in [0.1, 0.15) is 265 Å². The van der Waals surface area contributed by atoms with Gasteiger partial charge in [-0.3, -0.25) is 14.4 Å². The quantitative estimate of drug-likeness (QED) is 0.0351. The van der Waals surface area contributed by atoms with Crippen LogP contribution in [0.15, 0.2) is 0 Å². The Bertz CT molecular complexity index is 783. The second-order valence-electron chi connectivity index (χ2n) is 16.0. The number of carbonyl (C=O) groups is 3. The van der Waals surface area contributed by atoms with Gasteiger partial charge in [-0.25, -0.2) is 0 Å². The Morgan fingerprint density at radius 1 is 0.302 bits per heavy atom. The summed E-state index contributed by atoms with van der Waals surface area (Å²) in [5.41, 5.74) is 0. The smallest absolute Gasteiger partial charge is 0.306 e. The average molecular weight is 751 g/mol. The summed E-state index contributed by atoms with van der Waals surface area (Å²) in [7, 11) is 0. The lowest BCUT2D eigenvalue weighted by Crippen LogP contribution is -2.30. The minimum absolute atomic E-state index is 0.0627. The van der Waals surface area contributed by atoms with E-state index in [0.29, 0.717) is 19.3 Å².